The van der Waals surface area contributed by atoms with E-state index in [0.717, 1.165) is 20.0 Å². The Morgan fingerprint density at radius 3 is 2.47 bits per heavy atom. The fourth-order valence-corrected chi connectivity index (χ4v) is 1.79. The molecule has 98 valence electrons. The van der Waals surface area contributed by atoms with Crippen molar-refractivity contribution in [3.05, 3.63) is 0 Å². The third-order valence-electron chi connectivity index (χ3n) is 2.07. The van der Waals surface area contributed by atoms with Crippen molar-refractivity contribution in [2.24, 2.45) is 5.92 Å². The summed E-state index contributed by atoms with van der Waals surface area (Å²) in [5.41, 5.74) is 0. The summed E-state index contributed by atoms with van der Waals surface area (Å²) < 4.78 is 30.1. The highest BCUT2D eigenvalue weighted by Crippen LogP contribution is 2.28. The summed E-state index contributed by atoms with van der Waals surface area (Å²) >= 11 is 0. The third-order valence-corrected chi connectivity index (χ3v) is 3.09. The predicted octanol–water partition coefficient (Wildman–Crippen LogP) is -1.30. The Morgan fingerprint density at radius 2 is 1.94 bits per heavy atom. The molecule has 1 aliphatic carbocycles. The van der Waals surface area contributed by atoms with Crippen molar-refractivity contribution in [1.82, 2.24) is 14.8 Å². The van der Waals surface area contributed by atoms with Crippen LogP contribution in [0.2, 0.25) is 0 Å². The highest BCUT2D eigenvalue weighted by atomic mass is 32.2. The lowest BCUT2D eigenvalue weighted by atomic mass is 10.4. The van der Waals surface area contributed by atoms with Crippen LogP contribution >= 0.6 is 0 Å². The first-order valence-electron chi connectivity index (χ1n) is 5.07. The van der Waals surface area contributed by atoms with Crippen LogP contribution in [0, 0.1) is 5.92 Å². The maximum Gasteiger partial charge on any atom is 0.421 e. The molecule has 9 heteroatoms. The maximum absolute atomic E-state index is 11.2. The summed E-state index contributed by atoms with van der Waals surface area (Å²) in [5, 5.41) is 2.57. The lowest BCUT2D eigenvalue weighted by molar-refractivity contribution is -0.122. The summed E-state index contributed by atoms with van der Waals surface area (Å²) in [6.45, 7) is 0.183. The summed E-state index contributed by atoms with van der Waals surface area (Å²) in [6, 6.07) is 0. The molecule has 0 aromatic heterocycles. The van der Waals surface area contributed by atoms with Crippen LogP contribution in [-0.4, -0.2) is 40.6 Å². The number of ether oxygens (including phenoxy) is 1. The van der Waals surface area contributed by atoms with Gasteiger partial charge in [0, 0.05) is 19.0 Å². The van der Waals surface area contributed by atoms with E-state index in [-0.39, 0.29) is 24.9 Å². The van der Waals surface area contributed by atoms with Gasteiger partial charge in [0.2, 0.25) is 5.91 Å². The molecule has 0 unspecified atom stereocenters. The number of nitrogens with one attached hydrogen (secondary N) is 3. The summed E-state index contributed by atoms with van der Waals surface area (Å²) in [5.74, 6) is 0.0185. The first-order valence-corrected chi connectivity index (χ1v) is 6.56. The monoisotopic (exact) mass is 265 g/mol. The van der Waals surface area contributed by atoms with Gasteiger partial charge in [-0.25, -0.2) is 9.52 Å². The number of rotatable bonds is 6. The van der Waals surface area contributed by atoms with E-state index in [1.54, 1.807) is 4.72 Å². The van der Waals surface area contributed by atoms with Gasteiger partial charge in [0.05, 0.1) is 7.11 Å². The Balaban J connectivity index is 2.16. The van der Waals surface area contributed by atoms with E-state index in [2.05, 4.69) is 14.8 Å². The Hall–Kier alpha value is -1.35. The first-order chi connectivity index (χ1) is 7.94. The van der Waals surface area contributed by atoms with Crippen molar-refractivity contribution in [2.45, 2.75) is 12.8 Å². The molecular weight excluding hydrogens is 250 g/mol. The molecule has 1 aliphatic rings. The van der Waals surface area contributed by atoms with Crippen LogP contribution in [0.3, 0.4) is 0 Å². The van der Waals surface area contributed by atoms with Crippen LogP contribution in [0.15, 0.2) is 0 Å². The third kappa shape index (κ3) is 5.50. The second-order valence-corrected chi connectivity index (χ2v) is 5.06. The Kier molecular flexibility index (Phi) is 4.70. The van der Waals surface area contributed by atoms with E-state index in [1.807, 2.05) is 0 Å². The van der Waals surface area contributed by atoms with Gasteiger partial charge < -0.3 is 10.1 Å². The van der Waals surface area contributed by atoms with Gasteiger partial charge in [-0.05, 0) is 12.8 Å². The molecule has 0 atom stereocenters. The topological polar surface area (TPSA) is 114 Å². The van der Waals surface area contributed by atoms with Crippen LogP contribution in [0.5, 0.6) is 0 Å². The Bertz CT molecular complexity index is 390. The van der Waals surface area contributed by atoms with Crippen LogP contribution in [0.1, 0.15) is 12.8 Å². The molecule has 0 aromatic carbocycles. The summed E-state index contributed by atoms with van der Waals surface area (Å²) in [7, 11) is -2.87. The first kappa shape index (κ1) is 13.7. The molecule has 3 N–H and O–H groups in total. The van der Waals surface area contributed by atoms with E-state index >= 15 is 0 Å². The van der Waals surface area contributed by atoms with Crippen molar-refractivity contribution < 1.29 is 22.7 Å². The normalized spacial score (nSPS) is 15.1. The van der Waals surface area contributed by atoms with Gasteiger partial charge >= 0.3 is 16.3 Å². The van der Waals surface area contributed by atoms with Crippen LogP contribution in [0.4, 0.5) is 4.79 Å². The molecule has 0 radical (unpaired) electrons. The molecule has 17 heavy (non-hydrogen) atoms. The standard InChI is InChI=1S/C8H15N3O5S/c1-16-8(13)11-17(14,15)10-5-4-9-7(12)6-2-3-6/h6,10H,2-5H2,1H3,(H,9,12)(H,11,13). The molecule has 1 fully saturated rings. The van der Waals surface area contributed by atoms with Crippen molar-refractivity contribution in [3.8, 4) is 0 Å². The number of hydrogen-bond donors (Lipinski definition) is 3. The Labute approximate surface area is 99.3 Å². The lowest BCUT2D eigenvalue weighted by Crippen LogP contribution is -2.43. The molecule has 0 saturated heterocycles. The average molecular weight is 265 g/mol. The number of hydrogen-bond acceptors (Lipinski definition) is 5. The molecule has 1 saturated carbocycles. The quantitative estimate of drug-likeness (QED) is 0.517. The second-order valence-electron chi connectivity index (χ2n) is 3.56. The van der Waals surface area contributed by atoms with E-state index < -0.39 is 16.3 Å². The number of carbonyl (C=O) groups is 2. The fraction of sp³-hybridized carbons (Fsp3) is 0.750. The minimum Gasteiger partial charge on any atom is -0.452 e. The van der Waals surface area contributed by atoms with Gasteiger partial charge in [0.15, 0.2) is 0 Å². The van der Waals surface area contributed by atoms with Gasteiger partial charge in [-0.3, -0.25) is 4.79 Å². The van der Waals surface area contributed by atoms with Gasteiger partial charge in [0.25, 0.3) is 0 Å². The minimum absolute atomic E-state index is 0.00475. The number of carbonyl (C=O) groups excluding carboxylic acids is 2. The Morgan fingerprint density at radius 1 is 1.29 bits per heavy atom. The highest BCUT2D eigenvalue weighted by Gasteiger charge is 2.29. The smallest absolute Gasteiger partial charge is 0.421 e. The molecule has 2 amide bonds. The second kappa shape index (κ2) is 5.82. The SMILES string of the molecule is COC(=O)NS(=O)(=O)NCCNC(=O)C1CC1. The van der Waals surface area contributed by atoms with E-state index in [1.165, 1.54) is 0 Å². The zero-order chi connectivity index (χ0) is 12.9. The molecule has 8 nitrogen and oxygen atoms in total. The van der Waals surface area contributed by atoms with E-state index in [4.69, 9.17) is 0 Å². The molecular formula is C8H15N3O5S. The lowest BCUT2D eigenvalue weighted by Gasteiger charge is -2.07. The largest absolute Gasteiger partial charge is 0.452 e. The highest BCUT2D eigenvalue weighted by molar-refractivity contribution is 7.88. The van der Waals surface area contributed by atoms with E-state index in [0.29, 0.717) is 0 Å². The van der Waals surface area contributed by atoms with Crippen LogP contribution in [0.25, 0.3) is 0 Å². The molecule has 0 bridgehead atoms. The van der Waals surface area contributed by atoms with Crippen molar-refractivity contribution in [1.29, 1.82) is 0 Å². The number of amides is 2. The molecule has 1 rings (SSSR count). The molecule has 0 aliphatic heterocycles. The van der Waals surface area contributed by atoms with Gasteiger partial charge in [0.1, 0.15) is 0 Å². The van der Waals surface area contributed by atoms with Gasteiger partial charge in [-0.15, -0.1) is 0 Å². The predicted molar refractivity (Wildman–Crippen MR) is 58.2 cm³/mol. The van der Waals surface area contributed by atoms with Gasteiger partial charge in [-0.2, -0.15) is 13.1 Å². The molecule has 0 aromatic rings. The fourth-order valence-electron chi connectivity index (χ4n) is 1.05. The summed E-state index contributed by atoms with van der Waals surface area (Å²) in [4.78, 5) is 21.8. The number of methoxy groups -OCH3 is 1. The van der Waals surface area contributed by atoms with Crippen LogP contribution < -0.4 is 14.8 Å². The zero-order valence-electron chi connectivity index (χ0n) is 9.36. The zero-order valence-corrected chi connectivity index (χ0v) is 10.2. The van der Waals surface area contributed by atoms with E-state index in [9.17, 15) is 18.0 Å². The maximum atomic E-state index is 11.2. The molecule has 0 spiro atoms. The van der Waals surface area contributed by atoms with Crippen molar-refractivity contribution >= 4 is 22.2 Å². The van der Waals surface area contributed by atoms with Crippen molar-refractivity contribution in [3.63, 3.8) is 0 Å². The van der Waals surface area contributed by atoms with Crippen molar-refractivity contribution in [2.75, 3.05) is 20.2 Å². The van der Waals surface area contributed by atoms with Crippen LogP contribution in [-0.2, 0) is 19.7 Å². The minimum atomic E-state index is -3.92. The molecule has 0 heterocycles. The van der Waals surface area contributed by atoms with Gasteiger partial charge in [-0.1, -0.05) is 0 Å². The average Bonchev–Trinajstić information content (AvgIpc) is 3.07. The summed E-state index contributed by atoms with van der Waals surface area (Å²) in [6.07, 6.45) is 0.711.